The van der Waals surface area contributed by atoms with E-state index in [2.05, 4.69) is 10.6 Å². The Morgan fingerprint density at radius 2 is 1.96 bits per heavy atom. The van der Waals surface area contributed by atoms with Crippen LogP contribution >= 0.6 is 0 Å². The van der Waals surface area contributed by atoms with E-state index in [1.165, 1.54) is 6.92 Å². The molecular formula is C21H21FN2O4. The smallest absolute Gasteiger partial charge is 0.408 e. The van der Waals surface area contributed by atoms with Crippen LogP contribution in [0.3, 0.4) is 0 Å². The first kappa shape index (κ1) is 19.5. The first-order chi connectivity index (χ1) is 13.4. The molecule has 146 valence electrons. The zero-order valence-electron chi connectivity index (χ0n) is 15.7. The molecule has 0 fully saturated rings. The number of Topliss-reactive ketones (excluding diaryl/α,β-unsaturated/α-hetero) is 1. The van der Waals surface area contributed by atoms with Crippen molar-refractivity contribution in [3.05, 3.63) is 64.5 Å². The number of ether oxygens (including phenoxy) is 1. The van der Waals surface area contributed by atoms with Crippen molar-refractivity contribution in [2.75, 3.05) is 5.32 Å². The molecule has 0 spiro atoms. The maximum Gasteiger partial charge on any atom is 0.408 e. The summed E-state index contributed by atoms with van der Waals surface area (Å²) in [5.74, 6) is -1.26. The number of anilines is 1. The molecule has 0 saturated heterocycles. The van der Waals surface area contributed by atoms with Crippen molar-refractivity contribution in [1.29, 1.82) is 0 Å². The summed E-state index contributed by atoms with van der Waals surface area (Å²) in [6.45, 7) is 2.97. The lowest BCUT2D eigenvalue weighted by Crippen LogP contribution is -2.44. The predicted octanol–water partition coefficient (Wildman–Crippen LogP) is 3.52. The molecule has 0 bridgehead atoms. The molecule has 2 aromatic carbocycles. The van der Waals surface area contributed by atoms with Crippen LogP contribution in [0.25, 0.3) is 0 Å². The molecule has 2 N–H and O–H groups in total. The van der Waals surface area contributed by atoms with Gasteiger partial charge in [-0.2, -0.15) is 0 Å². The maximum atomic E-state index is 14.2. The number of rotatable bonds is 4. The van der Waals surface area contributed by atoms with E-state index in [4.69, 9.17) is 4.74 Å². The van der Waals surface area contributed by atoms with Gasteiger partial charge in [-0.15, -0.1) is 0 Å². The third kappa shape index (κ3) is 4.19. The Hall–Kier alpha value is -3.22. The van der Waals surface area contributed by atoms with Gasteiger partial charge in [-0.25, -0.2) is 9.18 Å². The van der Waals surface area contributed by atoms with E-state index in [1.807, 2.05) is 30.3 Å². The fourth-order valence-electron chi connectivity index (χ4n) is 3.32. The quantitative estimate of drug-likeness (QED) is 0.845. The lowest BCUT2D eigenvalue weighted by atomic mass is 9.83. The summed E-state index contributed by atoms with van der Waals surface area (Å²) in [4.78, 5) is 36.5. The minimum atomic E-state index is -0.798. The molecule has 3 rings (SSSR count). The maximum absolute atomic E-state index is 14.2. The van der Waals surface area contributed by atoms with Gasteiger partial charge in [0.15, 0.2) is 5.78 Å². The number of nitrogens with one attached hydrogen (secondary N) is 2. The van der Waals surface area contributed by atoms with Gasteiger partial charge in [0.05, 0.1) is 11.7 Å². The summed E-state index contributed by atoms with van der Waals surface area (Å²) in [6, 6.07) is 9.53. The summed E-state index contributed by atoms with van der Waals surface area (Å²) in [5, 5.41) is 5.09. The summed E-state index contributed by atoms with van der Waals surface area (Å²) in [5.41, 5.74) is 2.14. The highest BCUT2D eigenvalue weighted by Gasteiger charge is 2.33. The van der Waals surface area contributed by atoms with Crippen LogP contribution in [0.1, 0.15) is 40.4 Å². The number of amides is 2. The van der Waals surface area contributed by atoms with Crippen LogP contribution in [0.2, 0.25) is 0 Å². The van der Waals surface area contributed by atoms with E-state index >= 15 is 0 Å². The van der Waals surface area contributed by atoms with Crippen LogP contribution in [0.4, 0.5) is 14.9 Å². The number of alkyl carbamates (subject to hydrolysis) is 1. The minimum Gasteiger partial charge on any atom is -0.445 e. The molecule has 2 aromatic rings. The summed E-state index contributed by atoms with van der Waals surface area (Å²) in [6.07, 6.45) is 0.0299. The lowest BCUT2D eigenvalue weighted by molar-refractivity contribution is -0.114. The van der Waals surface area contributed by atoms with E-state index < -0.39 is 23.9 Å². The zero-order chi connectivity index (χ0) is 20.3. The van der Waals surface area contributed by atoms with Gasteiger partial charge in [-0.3, -0.25) is 9.59 Å². The Balaban J connectivity index is 1.75. The first-order valence-electron chi connectivity index (χ1n) is 8.97. The Labute approximate surface area is 162 Å². The van der Waals surface area contributed by atoms with Gasteiger partial charge >= 0.3 is 6.09 Å². The second-order valence-electron chi connectivity index (χ2n) is 6.73. The Morgan fingerprint density at radius 3 is 2.64 bits per heavy atom. The molecule has 28 heavy (non-hydrogen) atoms. The van der Waals surface area contributed by atoms with Gasteiger partial charge in [0, 0.05) is 12.5 Å². The Bertz CT molecular complexity index is 928. The van der Waals surface area contributed by atoms with Crippen molar-refractivity contribution < 1.29 is 23.5 Å². The Morgan fingerprint density at radius 1 is 1.25 bits per heavy atom. The molecule has 7 heteroatoms. The third-order valence-corrected chi connectivity index (χ3v) is 4.71. The summed E-state index contributed by atoms with van der Waals surface area (Å²) in [7, 11) is 0. The minimum absolute atomic E-state index is 0.0889. The average Bonchev–Trinajstić information content (AvgIpc) is 2.66. The summed E-state index contributed by atoms with van der Waals surface area (Å²) >= 11 is 0. The molecule has 1 aliphatic rings. The monoisotopic (exact) mass is 384 g/mol. The van der Waals surface area contributed by atoms with E-state index in [1.54, 1.807) is 6.92 Å². The van der Waals surface area contributed by atoms with Crippen molar-refractivity contribution in [3.63, 3.8) is 0 Å². The predicted molar refractivity (Wildman–Crippen MR) is 102 cm³/mol. The number of hydrogen-bond donors (Lipinski definition) is 2. The van der Waals surface area contributed by atoms with Gasteiger partial charge in [0.1, 0.15) is 12.4 Å². The molecule has 0 aliphatic heterocycles. The molecule has 0 saturated carbocycles. The number of ketones is 1. The van der Waals surface area contributed by atoms with Gasteiger partial charge in [0.2, 0.25) is 5.91 Å². The lowest BCUT2D eigenvalue weighted by Gasteiger charge is -2.27. The number of carbonyl (C=O) groups is 3. The van der Waals surface area contributed by atoms with Crippen molar-refractivity contribution in [2.45, 2.75) is 39.3 Å². The highest BCUT2D eigenvalue weighted by Crippen LogP contribution is 2.32. The van der Waals surface area contributed by atoms with Crippen LogP contribution in [0.5, 0.6) is 0 Å². The zero-order valence-corrected chi connectivity index (χ0v) is 15.7. The highest BCUT2D eigenvalue weighted by molar-refractivity contribution is 6.10. The molecule has 0 radical (unpaired) electrons. The number of fused-ring (bicyclic) bond motifs is 1. The molecular weight excluding hydrogens is 363 g/mol. The normalized spacial score (nSPS) is 15.5. The third-order valence-electron chi connectivity index (χ3n) is 4.71. The fraction of sp³-hybridized carbons (Fsp3) is 0.286. The Kier molecular flexibility index (Phi) is 5.73. The van der Waals surface area contributed by atoms with Crippen molar-refractivity contribution in [2.24, 2.45) is 0 Å². The first-order valence-corrected chi connectivity index (χ1v) is 8.97. The van der Waals surface area contributed by atoms with Gasteiger partial charge in [-0.05, 0) is 42.5 Å². The second kappa shape index (κ2) is 8.21. The van der Waals surface area contributed by atoms with Gasteiger partial charge < -0.3 is 15.4 Å². The molecule has 0 heterocycles. The van der Waals surface area contributed by atoms with E-state index in [-0.39, 0.29) is 23.6 Å². The van der Waals surface area contributed by atoms with Crippen LogP contribution in [0, 0.1) is 12.7 Å². The molecule has 2 amide bonds. The van der Waals surface area contributed by atoms with E-state index in [9.17, 15) is 18.8 Å². The van der Waals surface area contributed by atoms with Gasteiger partial charge in [0.25, 0.3) is 0 Å². The van der Waals surface area contributed by atoms with Crippen molar-refractivity contribution in [3.8, 4) is 0 Å². The number of carbonyl (C=O) groups excluding carboxylic acids is 3. The largest absolute Gasteiger partial charge is 0.445 e. The number of hydrogen-bond acceptors (Lipinski definition) is 4. The number of benzene rings is 2. The van der Waals surface area contributed by atoms with Crippen LogP contribution in [0.15, 0.2) is 36.4 Å². The van der Waals surface area contributed by atoms with Crippen LogP contribution < -0.4 is 10.6 Å². The SMILES string of the molecule is CC(=O)Nc1cc(F)c(C)c2c1C(=O)C(NC(=O)OCc1ccccc1)CC2. The second-order valence-corrected chi connectivity index (χ2v) is 6.73. The fourth-order valence-corrected chi connectivity index (χ4v) is 3.32. The van der Waals surface area contributed by atoms with Crippen molar-refractivity contribution in [1.82, 2.24) is 5.32 Å². The average molecular weight is 384 g/mol. The van der Waals surface area contributed by atoms with Crippen LogP contribution in [-0.2, 0) is 22.6 Å². The topological polar surface area (TPSA) is 84.5 Å². The standard InChI is InChI=1S/C21H21FN2O4/c1-12-15-8-9-17(24-21(27)28-11-14-6-4-3-5-7-14)20(26)19(15)18(10-16(12)22)23-13(2)25/h3-7,10,17H,8-9,11H2,1-2H3,(H,23,25)(H,24,27). The number of halogens is 1. The molecule has 1 unspecified atom stereocenters. The van der Waals surface area contributed by atoms with Gasteiger partial charge in [-0.1, -0.05) is 30.3 Å². The van der Waals surface area contributed by atoms with E-state index in [0.717, 1.165) is 11.6 Å². The van der Waals surface area contributed by atoms with Crippen LogP contribution in [-0.4, -0.2) is 23.8 Å². The molecule has 6 nitrogen and oxygen atoms in total. The highest BCUT2D eigenvalue weighted by atomic mass is 19.1. The van der Waals surface area contributed by atoms with Crippen molar-refractivity contribution >= 4 is 23.5 Å². The molecule has 0 aromatic heterocycles. The summed E-state index contributed by atoms with van der Waals surface area (Å²) < 4.78 is 19.3. The molecule has 1 aliphatic carbocycles. The molecule has 1 atom stereocenters. The van der Waals surface area contributed by atoms with E-state index in [0.29, 0.717) is 24.0 Å².